The van der Waals surface area contributed by atoms with E-state index in [1.165, 1.54) is 6.42 Å². The predicted octanol–water partition coefficient (Wildman–Crippen LogP) is 7.18. The van der Waals surface area contributed by atoms with Crippen LogP contribution in [0.2, 0.25) is 0 Å². The molecule has 0 rings (SSSR count). The molecule has 0 aromatic heterocycles. The fourth-order valence-electron chi connectivity index (χ4n) is 0. The standard InChI is InChI=1S/C5H12.C4H10.C3H8.2C2H6/c1-5(2,3)4;1-4(2)3;1-3-2;2*1-2/h1-4H3;4H,1-3H3;3H2,1-2H3;2*1-2H3. The Balaban J connectivity index is -0.0000000334. The first-order valence-corrected chi connectivity index (χ1v) is 7.15. The SMILES string of the molecule is CC.CC.CC(C)(C)C.CC(C)C.CCC. The van der Waals surface area contributed by atoms with Crippen molar-refractivity contribution in [3.63, 3.8) is 0 Å². The maximum absolute atomic E-state index is 2.19. The monoisotopic (exact) mass is 234 g/mol. The zero-order chi connectivity index (χ0) is 14.8. The smallest absolute Gasteiger partial charge is 0.0411 e. The van der Waals surface area contributed by atoms with Gasteiger partial charge in [0, 0.05) is 0 Å². The Bertz CT molecular complexity index is 46.2. The average Bonchev–Trinajstić information content (AvgIpc) is 2.08. The fourth-order valence-corrected chi connectivity index (χ4v) is 0. The molecule has 0 fully saturated rings. The minimum atomic E-state index is 0.500. The van der Waals surface area contributed by atoms with Crippen LogP contribution in [0.15, 0.2) is 0 Å². The molecular weight excluding hydrogens is 192 g/mol. The summed E-state index contributed by atoms with van der Waals surface area (Å²) in [7, 11) is 0. The summed E-state index contributed by atoms with van der Waals surface area (Å²) in [5, 5.41) is 0. The van der Waals surface area contributed by atoms with E-state index in [2.05, 4.69) is 62.3 Å². The molecule has 16 heavy (non-hydrogen) atoms. The van der Waals surface area contributed by atoms with Crippen LogP contribution >= 0.6 is 0 Å². The summed E-state index contributed by atoms with van der Waals surface area (Å²) >= 11 is 0. The van der Waals surface area contributed by atoms with Crippen molar-refractivity contribution in [1.82, 2.24) is 0 Å². The Morgan fingerprint density at radius 1 is 0.688 bits per heavy atom. The molecule has 0 aliphatic rings. The van der Waals surface area contributed by atoms with E-state index < -0.39 is 0 Å². The Hall–Kier alpha value is 0. The molecule has 0 N–H and O–H groups in total. The topological polar surface area (TPSA) is 0 Å². The third-order valence-corrected chi connectivity index (χ3v) is 0. The van der Waals surface area contributed by atoms with Gasteiger partial charge in [0.2, 0.25) is 0 Å². The minimum Gasteiger partial charge on any atom is -0.0683 e. The lowest BCUT2D eigenvalue weighted by molar-refractivity contribution is 0.469. The highest BCUT2D eigenvalue weighted by Gasteiger charge is 1.95. The summed E-state index contributed by atoms with van der Waals surface area (Å²) in [5.41, 5.74) is 0.500. The first-order chi connectivity index (χ1) is 7.15. The van der Waals surface area contributed by atoms with Crippen molar-refractivity contribution in [1.29, 1.82) is 0 Å². The Kier molecular flexibility index (Phi) is 54.7. The largest absolute Gasteiger partial charge is 0.0683 e. The van der Waals surface area contributed by atoms with E-state index in [-0.39, 0.29) is 0 Å². The summed E-state index contributed by atoms with van der Waals surface area (Å²) in [6.07, 6.45) is 1.25. The van der Waals surface area contributed by atoms with Gasteiger partial charge in [-0.05, 0) is 11.3 Å². The van der Waals surface area contributed by atoms with Crippen LogP contribution in [0.25, 0.3) is 0 Å². The van der Waals surface area contributed by atoms with Crippen molar-refractivity contribution >= 4 is 0 Å². The minimum absolute atomic E-state index is 0.500. The Labute approximate surface area is 108 Å². The van der Waals surface area contributed by atoms with E-state index >= 15 is 0 Å². The van der Waals surface area contributed by atoms with Gasteiger partial charge in [-0.3, -0.25) is 0 Å². The van der Waals surface area contributed by atoms with Crippen molar-refractivity contribution in [3.8, 4) is 0 Å². The third-order valence-electron chi connectivity index (χ3n) is 0. The maximum atomic E-state index is 2.19. The average molecular weight is 235 g/mol. The molecule has 106 valence electrons. The van der Waals surface area contributed by atoms with Gasteiger partial charge in [-0.1, -0.05) is 96.4 Å². The van der Waals surface area contributed by atoms with Crippen LogP contribution in [0, 0.1) is 11.3 Å². The lowest BCUT2D eigenvalue weighted by Gasteiger charge is -2.05. The van der Waals surface area contributed by atoms with Gasteiger partial charge in [-0.25, -0.2) is 0 Å². The van der Waals surface area contributed by atoms with Crippen molar-refractivity contribution in [2.45, 2.75) is 96.4 Å². The van der Waals surface area contributed by atoms with Gasteiger partial charge in [0.25, 0.3) is 0 Å². The van der Waals surface area contributed by atoms with E-state index in [4.69, 9.17) is 0 Å². The van der Waals surface area contributed by atoms with Crippen LogP contribution in [0.5, 0.6) is 0 Å². The summed E-state index contributed by atoms with van der Waals surface area (Å²) in [6.45, 7) is 27.5. The van der Waals surface area contributed by atoms with Crippen LogP contribution in [0.1, 0.15) is 96.4 Å². The van der Waals surface area contributed by atoms with Crippen molar-refractivity contribution in [2.75, 3.05) is 0 Å². The zero-order valence-corrected chi connectivity index (χ0v) is 14.8. The normalized spacial score (nSPS) is 7.88. The van der Waals surface area contributed by atoms with Gasteiger partial charge in [0.1, 0.15) is 0 Å². The molecule has 0 aromatic carbocycles. The molecular formula is C16H42. The molecule has 0 heterocycles. The van der Waals surface area contributed by atoms with Gasteiger partial charge in [-0.2, -0.15) is 0 Å². The van der Waals surface area contributed by atoms with Crippen LogP contribution in [0.4, 0.5) is 0 Å². The molecule has 0 atom stereocenters. The van der Waals surface area contributed by atoms with Gasteiger partial charge in [-0.15, -0.1) is 0 Å². The zero-order valence-electron chi connectivity index (χ0n) is 14.8. The maximum Gasteiger partial charge on any atom is -0.0411 e. The highest BCUT2D eigenvalue weighted by atomic mass is 14.0. The number of hydrogen-bond acceptors (Lipinski definition) is 0. The molecule has 0 spiro atoms. The Morgan fingerprint density at radius 2 is 0.688 bits per heavy atom. The lowest BCUT2D eigenvalue weighted by Crippen LogP contribution is -1.93. The van der Waals surface area contributed by atoms with E-state index in [1.807, 2.05) is 27.7 Å². The molecule has 0 radical (unpaired) electrons. The van der Waals surface area contributed by atoms with Crippen LogP contribution in [-0.2, 0) is 0 Å². The second-order valence-corrected chi connectivity index (χ2v) is 5.44. The van der Waals surface area contributed by atoms with Gasteiger partial charge in [0.15, 0.2) is 0 Å². The van der Waals surface area contributed by atoms with Crippen LogP contribution < -0.4 is 0 Å². The van der Waals surface area contributed by atoms with Gasteiger partial charge in [0.05, 0.1) is 0 Å². The second-order valence-electron chi connectivity index (χ2n) is 5.44. The third kappa shape index (κ3) is 0. The van der Waals surface area contributed by atoms with Crippen LogP contribution in [0.3, 0.4) is 0 Å². The summed E-state index contributed by atoms with van der Waals surface area (Å²) in [4.78, 5) is 0. The molecule has 0 amide bonds. The first kappa shape index (κ1) is 29.8. The highest BCUT2D eigenvalue weighted by molar-refractivity contribution is 4.47. The van der Waals surface area contributed by atoms with Gasteiger partial charge < -0.3 is 0 Å². The number of rotatable bonds is 0. The molecule has 0 heteroatoms. The molecule has 0 unspecified atom stereocenters. The number of hydrogen-bond donors (Lipinski definition) is 0. The van der Waals surface area contributed by atoms with Crippen molar-refractivity contribution in [2.24, 2.45) is 11.3 Å². The van der Waals surface area contributed by atoms with Crippen molar-refractivity contribution in [3.05, 3.63) is 0 Å². The quantitative estimate of drug-likeness (QED) is 0.416. The predicted molar refractivity (Wildman–Crippen MR) is 84.3 cm³/mol. The molecule has 0 aliphatic carbocycles. The first-order valence-electron chi connectivity index (χ1n) is 7.15. The highest BCUT2D eigenvalue weighted by Crippen LogP contribution is 2.08. The van der Waals surface area contributed by atoms with E-state index in [0.29, 0.717) is 5.41 Å². The lowest BCUT2D eigenvalue weighted by atomic mass is 10.0. The van der Waals surface area contributed by atoms with E-state index in [1.54, 1.807) is 0 Å². The second kappa shape index (κ2) is 29.4. The molecule has 0 nitrogen and oxygen atoms in total. The van der Waals surface area contributed by atoms with Gasteiger partial charge >= 0.3 is 0 Å². The molecule has 0 saturated carbocycles. The molecule has 0 bridgehead atoms. The van der Waals surface area contributed by atoms with Crippen molar-refractivity contribution < 1.29 is 0 Å². The summed E-state index contributed by atoms with van der Waals surface area (Å²) in [6, 6.07) is 0. The summed E-state index contributed by atoms with van der Waals surface area (Å²) in [5.74, 6) is 0.833. The van der Waals surface area contributed by atoms with Crippen LogP contribution in [-0.4, -0.2) is 0 Å². The molecule has 0 aromatic rings. The van der Waals surface area contributed by atoms with E-state index in [9.17, 15) is 0 Å². The fraction of sp³-hybridized carbons (Fsp3) is 1.00. The summed E-state index contributed by atoms with van der Waals surface area (Å²) < 4.78 is 0. The van der Waals surface area contributed by atoms with E-state index in [0.717, 1.165) is 5.92 Å². The molecule has 0 saturated heterocycles. The Morgan fingerprint density at radius 3 is 0.688 bits per heavy atom. The molecule has 0 aliphatic heterocycles.